The summed E-state index contributed by atoms with van der Waals surface area (Å²) in [6, 6.07) is 16.7. The van der Waals surface area contributed by atoms with E-state index in [4.69, 9.17) is 10.4 Å². The standard InChI is InChI=1S/C15H11NO2/c16-10-12-4-2-6-14(8-12)13-5-1-3-11(7-13)9-15(17)18/h1-8H,9H2,(H,17,18). The van der Waals surface area contributed by atoms with Crippen molar-refractivity contribution in [2.75, 3.05) is 0 Å². The molecule has 1 N–H and O–H groups in total. The van der Waals surface area contributed by atoms with Crippen LogP contribution in [-0.2, 0) is 11.2 Å². The summed E-state index contributed by atoms with van der Waals surface area (Å²) in [5.41, 5.74) is 3.19. The van der Waals surface area contributed by atoms with E-state index in [-0.39, 0.29) is 6.42 Å². The maximum Gasteiger partial charge on any atom is 0.307 e. The van der Waals surface area contributed by atoms with Crippen molar-refractivity contribution >= 4 is 5.97 Å². The molecule has 3 nitrogen and oxygen atoms in total. The average molecular weight is 237 g/mol. The lowest BCUT2D eigenvalue weighted by atomic mass is 10.0. The Morgan fingerprint density at radius 1 is 1.11 bits per heavy atom. The van der Waals surface area contributed by atoms with E-state index < -0.39 is 5.97 Å². The summed E-state index contributed by atoms with van der Waals surface area (Å²) in [4.78, 5) is 10.7. The zero-order valence-electron chi connectivity index (χ0n) is 9.63. The molecule has 0 unspecified atom stereocenters. The molecule has 0 aliphatic carbocycles. The fraction of sp³-hybridized carbons (Fsp3) is 0.0667. The highest BCUT2D eigenvalue weighted by Crippen LogP contribution is 2.21. The fourth-order valence-electron chi connectivity index (χ4n) is 1.80. The van der Waals surface area contributed by atoms with Crippen LogP contribution in [0.15, 0.2) is 48.5 Å². The third kappa shape index (κ3) is 2.74. The third-order valence-corrected chi connectivity index (χ3v) is 2.61. The predicted molar refractivity (Wildman–Crippen MR) is 67.9 cm³/mol. The van der Waals surface area contributed by atoms with Gasteiger partial charge in [0.25, 0.3) is 0 Å². The van der Waals surface area contributed by atoms with Gasteiger partial charge in [-0.2, -0.15) is 5.26 Å². The second-order valence-electron chi connectivity index (χ2n) is 3.96. The second kappa shape index (κ2) is 5.15. The van der Waals surface area contributed by atoms with Gasteiger partial charge in [0.05, 0.1) is 18.1 Å². The van der Waals surface area contributed by atoms with Crippen LogP contribution in [0.4, 0.5) is 0 Å². The lowest BCUT2D eigenvalue weighted by molar-refractivity contribution is -0.136. The number of nitrogens with zero attached hydrogens (tertiary/aromatic N) is 1. The number of carboxylic acid groups (broad SMARTS) is 1. The largest absolute Gasteiger partial charge is 0.481 e. The molecule has 0 aliphatic heterocycles. The number of aliphatic carboxylic acids is 1. The van der Waals surface area contributed by atoms with Gasteiger partial charge in [0, 0.05) is 0 Å². The molecule has 0 bridgehead atoms. The van der Waals surface area contributed by atoms with Crippen LogP contribution in [0.3, 0.4) is 0 Å². The van der Waals surface area contributed by atoms with Crippen molar-refractivity contribution in [3.63, 3.8) is 0 Å². The van der Waals surface area contributed by atoms with Gasteiger partial charge in [0.15, 0.2) is 0 Å². The average Bonchev–Trinajstić information content (AvgIpc) is 2.38. The van der Waals surface area contributed by atoms with Crippen LogP contribution < -0.4 is 0 Å². The monoisotopic (exact) mass is 237 g/mol. The smallest absolute Gasteiger partial charge is 0.307 e. The number of carboxylic acids is 1. The van der Waals surface area contributed by atoms with E-state index in [0.717, 1.165) is 16.7 Å². The highest BCUT2D eigenvalue weighted by atomic mass is 16.4. The number of rotatable bonds is 3. The lowest BCUT2D eigenvalue weighted by Crippen LogP contribution is -1.99. The Bertz CT molecular complexity index is 626. The van der Waals surface area contributed by atoms with E-state index in [0.29, 0.717) is 5.56 Å². The number of hydrogen-bond donors (Lipinski definition) is 1. The van der Waals surface area contributed by atoms with Gasteiger partial charge < -0.3 is 5.11 Å². The molecule has 18 heavy (non-hydrogen) atoms. The molecule has 0 saturated heterocycles. The summed E-state index contributed by atoms with van der Waals surface area (Å²) >= 11 is 0. The quantitative estimate of drug-likeness (QED) is 0.892. The number of hydrogen-bond acceptors (Lipinski definition) is 2. The van der Waals surface area contributed by atoms with E-state index in [1.54, 1.807) is 18.2 Å². The van der Waals surface area contributed by atoms with E-state index in [9.17, 15) is 4.79 Å². The highest BCUT2D eigenvalue weighted by molar-refractivity contribution is 5.72. The Balaban J connectivity index is 2.38. The minimum atomic E-state index is -0.849. The first kappa shape index (κ1) is 11.9. The first-order chi connectivity index (χ1) is 8.69. The molecule has 0 spiro atoms. The van der Waals surface area contributed by atoms with Gasteiger partial charge in [-0.15, -0.1) is 0 Å². The molecular weight excluding hydrogens is 226 g/mol. The van der Waals surface area contributed by atoms with Gasteiger partial charge in [-0.1, -0.05) is 36.4 Å². The molecule has 2 aromatic rings. The van der Waals surface area contributed by atoms with Gasteiger partial charge in [0.2, 0.25) is 0 Å². The van der Waals surface area contributed by atoms with Crippen LogP contribution in [0.5, 0.6) is 0 Å². The third-order valence-electron chi connectivity index (χ3n) is 2.61. The molecule has 0 saturated carbocycles. The van der Waals surface area contributed by atoms with Crippen molar-refractivity contribution in [1.29, 1.82) is 5.26 Å². The van der Waals surface area contributed by atoms with Gasteiger partial charge in [0.1, 0.15) is 0 Å². The highest BCUT2D eigenvalue weighted by Gasteiger charge is 2.03. The van der Waals surface area contributed by atoms with E-state index in [1.165, 1.54) is 0 Å². The van der Waals surface area contributed by atoms with Crippen molar-refractivity contribution in [3.8, 4) is 17.2 Å². The topological polar surface area (TPSA) is 61.1 Å². The first-order valence-electron chi connectivity index (χ1n) is 5.50. The van der Waals surface area contributed by atoms with Crippen LogP contribution in [0.25, 0.3) is 11.1 Å². The molecule has 0 fully saturated rings. The van der Waals surface area contributed by atoms with Crippen molar-refractivity contribution in [3.05, 3.63) is 59.7 Å². The molecular formula is C15H11NO2. The summed E-state index contributed by atoms with van der Waals surface area (Å²) < 4.78 is 0. The van der Waals surface area contributed by atoms with Crippen molar-refractivity contribution in [2.45, 2.75) is 6.42 Å². The van der Waals surface area contributed by atoms with Crippen LogP contribution in [0.1, 0.15) is 11.1 Å². The molecule has 2 aromatic carbocycles. The zero-order valence-corrected chi connectivity index (χ0v) is 9.63. The Kier molecular flexibility index (Phi) is 3.40. The minimum absolute atomic E-state index is 0.00573. The zero-order chi connectivity index (χ0) is 13.0. The summed E-state index contributed by atoms with van der Waals surface area (Å²) in [5, 5.41) is 17.6. The van der Waals surface area contributed by atoms with E-state index in [1.807, 2.05) is 30.3 Å². The lowest BCUT2D eigenvalue weighted by Gasteiger charge is -2.04. The van der Waals surface area contributed by atoms with Crippen molar-refractivity contribution < 1.29 is 9.90 Å². The van der Waals surface area contributed by atoms with E-state index >= 15 is 0 Å². The second-order valence-corrected chi connectivity index (χ2v) is 3.96. The van der Waals surface area contributed by atoms with Crippen LogP contribution >= 0.6 is 0 Å². The molecule has 0 amide bonds. The van der Waals surface area contributed by atoms with Crippen LogP contribution in [0.2, 0.25) is 0 Å². The Morgan fingerprint density at radius 2 is 1.78 bits per heavy atom. The van der Waals surface area contributed by atoms with E-state index in [2.05, 4.69) is 6.07 Å². The summed E-state index contributed by atoms with van der Waals surface area (Å²) in [5.74, 6) is -0.849. The molecule has 0 aromatic heterocycles. The molecule has 88 valence electrons. The predicted octanol–water partition coefficient (Wildman–Crippen LogP) is 2.85. The minimum Gasteiger partial charge on any atom is -0.481 e. The maximum atomic E-state index is 10.7. The Labute approximate surface area is 105 Å². The van der Waals surface area contributed by atoms with Gasteiger partial charge in [-0.3, -0.25) is 4.79 Å². The molecule has 0 radical (unpaired) electrons. The number of nitriles is 1. The van der Waals surface area contributed by atoms with Crippen LogP contribution in [-0.4, -0.2) is 11.1 Å². The molecule has 3 heteroatoms. The molecule has 2 rings (SSSR count). The molecule has 0 atom stereocenters. The van der Waals surface area contributed by atoms with Gasteiger partial charge in [-0.05, 0) is 28.8 Å². The Hall–Kier alpha value is -2.60. The SMILES string of the molecule is N#Cc1cccc(-c2cccc(CC(=O)O)c2)c1. The van der Waals surface area contributed by atoms with Crippen molar-refractivity contribution in [1.82, 2.24) is 0 Å². The summed E-state index contributed by atoms with van der Waals surface area (Å²) in [6.07, 6.45) is 0.00573. The Morgan fingerprint density at radius 3 is 2.44 bits per heavy atom. The maximum absolute atomic E-state index is 10.7. The number of carbonyl (C=O) groups is 1. The summed E-state index contributed by atoms with van der Waals surface area (Å²) in [6.45, 7) is 0. The van der Waals surface area contributed by atoms with Crippen LogP contribution in [0, 0.1) is 11.3 Å². The summed E-state index contributed by atoms with van der Waals surface area (Å²) in [7, 11) is 0. The fourth-order valence-corrected chi connectivity index (χ4v) is 1.80. The molecule has 0 aliphatic rings. The number of benzene rings is 2. The first-order valence-corrected chi connectivity index (χ1v) is 5.50. The molecule has 0 heterocycles. The van der Waals surface area contributed by atoms with Gasteiger partial charge >= 0.3 is 5.97 Å². The van der Waals surface area contributed by atoms with Gasteiger partial charge in [-0.25, -0.2) is 0 Å². The normalized spacial score (nSPS) is 9.72. The van der Waals surface area contributed by atoms with Crippen molar-refractivity contribution in [2.24, 2.45) is 0 Å².